The minimum absolute atomic E-state index is 0.120. The number of aliphatic carboxylic acids is 1. The number of hydrogen-bond acceptors (Lipinski definition) is 6. The number of carboxylic acids is 1. The van der Waals surface area contributed by atoms with Gasteiger partial charge in [0, 0.05) is 27.1 Å². The second-order valence-corrected chi connectivity index (χ2v) is 8.38. The second kappa shape index (κ2) is 8.14. The van der Waals surface area contributed by atoms with Crippen LogP contribution in [0.4, 0.5) is 0 Å². The van der Waals surface area contributed by atoms with Crippen LogP contribution in [0.1, 0.15) is 26.4 Å². The summed E-state index contributed by atoms with van der Waals surface area (Å²) in [5.41, 5.74) is 2.26. The van der Waals surface area contributed by atoms with E-state index in [-0.39, 0.29) is 11.5 Å². The molecule has 0 fully saturated rings. The number of aryl methyl sites for hydroxylation is 1. The average Bonchev–Trinajstić information content (AvgIpc) is 3.30. The monoisotopic (exact) mass is 436 g/mol. The van der Waals surface area contributed by atoms with Crippen LogP contribution in [0.25, 0.3) is 16.2 Å². The fraction of sp³-hybridized carbons (Fsp3) is 0.0435. The molecule has 0 saturated carbocycles. The first kappa shape index (κ1) is 19.9. The zero-order chi connectivity index (χ0) is 21.3. The van der Waals surface area contributed by atoms with Gasteiger partial charge in [-0.1, -0.05) is 12.1 Å². The summed E-state index contributed by atoms with van der Waals surface area (Å²) in [5, 5.41) is 23.1. The van der Waals surface area contributed by atoms with Crippen LogP contribution in [0, 0.1) is 6.92 Å². The number of fused-ring (bicyclic) bond motifs is 1. The van der Waals surface area contributed by atoms with Gasteiger partial charge in [0.2, 0.25) is 5.78 Å². The predicted octanol–water partition coefficient (Wildman–Crippen LogP) is 6.10. The molecule has 30 heavy (non-hydrogen) atoms. The SMILES string of the molecule is Cc1cscc1C(=O)c1sc2cc(O)ccc2c1Oc1ccc(/C=C/C(=O)O)cc1. The van der Waals surface area contributed by atoms with Crippen molar-refractivity contribution in [2.24, 2.45) is 0 Å². The van der Waals surface area contributed by atoms with E-state index >= 15 is 0 Å². The minimum Gasteiger partial charge on any atom is -0.508 e. The van der Waals surface area contributed by atoms with Gasteiger partial charge < -0.3 is 14.9 Å². The van der Waals surface area contributed by atoms with E-state index in [1.807, 2.05) is 17.7 Å². The molecular weight excluding hydrogens is 420 g/mol. The zero-order valence-electron chi connectivity index (χ0n) is 15.8. The minimum atomic E-state index is -1.02. The van der Waals surface area contributed by atoms with Gasteiger partial charge in [-0.2, -0.15) is 11.3 Å². The van der Waals surface area contributed by atoms with Gasteiger partial charge in [0.25, 0.3) is 0 Å². The molecule has 2 heterocycles. The van der Waals surface area contributed by atoms with Gasteiger partial charge in [-0.3, -0.25) is 4.79 Å². The summed E-state index contributed by atoms with van der Waals surface area (Å²) in [6.07, 6.45) is 2.55. The number of carbonyl (C=O) groups is 2. The average molecular weight is 437 g/mol. The summed E-state index contributed by atoms with van der Waals surface area (Å²) in [6, 6.07) is 11.8. The Morgan fingerprint density at radius 3 is 2.50 bits per heavy atom. The van der Waals surface area contributed by atoms with Crippen molar-refractivity contribution in [3.05, 3.63) is 80.9 Å². The third-order valence-corrected chi connectivity index (χ3v) is 6.45. The Bertz CT molecular complexity index is 1280. The number of rotatable bonds is 6. The first-order valence-corrected chi connectivity index (χ1v) is 10.7. The Balaban J connectivity index is 1.75. The summed E-state index contributed by atoms with van der Waals surface area (Å²) < 4.78 is 6.87. The smallest absolute Gasteiger partial charge is 0.328 e. The zero-order valence-corrected chi connectivity index (χ0v) is 17.4. The molecule has 0 saturated heterocycles. The molecule has 150 valence electrons. The van der Waals surface area contributed by atoms with E-state index < -0.39 is 5.97 Å². The largest absolute Gasteiger partial charge is 0.508 e. The molecule has 0 unspecified atom stereocenters. The van der Waals surface area contributed by atoms with E-state index in [2.05, 4.69) is 0 Å². The van der Waals surface area contributed by atoms with E-state index in [4.69, 9.17) is 9.84 Å². The predicted molar refractivity (Wildman–Crippen MR) is 119 cm³/mol. The lowest BCUT2D eigenvalue weighted by atomic mass is 10.1. The highest BCUT2D eigenvalue weighted by atomic mass is 32.1. The highest BCUT2D eigenvalue weighted by molar-refractivity contribution is 7.21. The molecule has 7 heteroatoms. The maximum absolute atomic E-state index is 13.2. The first-order chi connectivity index (χ1) is 14.4. The molecule has 4 aromatic rings. The summed E-state index contributed by atoms with van der Waals surface area (Å²) in [7, 11) is 0. The lowest BCUT2D eigenvalue weighted by molar-refractivity contribution is -0.131. The Hall–Kier alpha value is -3.42. The molecule has 2 aromatic heterocycles. The molecule has 0 aliphatic rings. The fourth-order valence-electron chi connectivity index (χ4n) is 2.96. The fourth-order valence-corrected chi connectivity index (χ4v) is 4.91. The van der Waals surface area contributed by atoms with Crippen molar-refractivity contribution in [3.63, 3.8) is 0 Å². The first-order valence-electron chi connectivity index (χ1n) is 8.94. The molecular formula is C23H16O5S2. The molecule has 0 atom stereocenters. The number of phenols is 1. The lowest BCUT2D eigenvalue weighted by Crippen LogP contribution is -2.01. The number of hydrogen-bond donors (Lipinski definition) is 2. The molecule has 0 bridgehead atoms. The Morgan fingerprint density at radius 2 is 1.83 bits per heavy atom. The number of carboxylic acid groups (broad SMARTS) is 1. The highest BCUT2D eigenvalue weighted by Crippen LogP contribution is 2.43. The van der Waals surface area contributed by atoms with Crippen LogP contribution in [0.15, 0.2) is 59.3 Å². The Morgan fingerprint density at radius 1 is 1.07 bits per heavy atom. The van der Waals surface area contributed by atoms with E-state index in [1.165, 1.54) is 28.7 Å². The van der Waals surface area contributed by atoms with Crippen LogP contribution in [-0.4, -0.2) is 22.0 Å². The molecule has 0 radical (unpaired) electrons. The van der Waals surface area contributed by atoms with Crippen molar-refractivity contribution in [1.82, 2.24) is 0 Å². The highest BCUT2D eigenvalue weighted by Gasteiger charge is 2.23. The third-order valence-electron chi connectivity index (χ3n) is 4.45. The van der Waals surface area contributed by atoms with Crippen molar-refractivity contribution in [3.8, 4) is 17.2 Å². The van der Waals surface area contributed by atoms with Crippen LogP contribution >= 0.6 is 22.7 Å². The van der Waals surface area contributed by atoms with Gasteiger partial charge in [-0.25, -0.2) is 4.79 Å². The number of thiophene rings is 2. The van der Waals surface area contributed by atoms with E-state index in [0.717, 1.165) is 27.3 Å². The molecule has 0 spiro atoms. The number of carbonyl (C=O) groups excluding carboxylic acids is 1. The number of aromatic hydroxyl groups is 1. The van der Waals surface area contributed by atoms with Gasteiger partial charge in [0.1, 0.15) is 16.4 Å². The maximum Gasteiger partial charge on any atom is 0.328 e. The van der Waals surface area contributed by atoms with Crippen molar-refractivity contribution in [2.45, 2.75) is 6.92 Å². The summed E-state index contributed by atoms with van der Waals surface area (Å²) in [4.78, 5) is 24.3. The van der Waals surface area contributed by atoms with Crippen molar-refractivity contribution >= 4 is 50.6 Å². The summed E-state index contributed by atoms with van der Waals surface area (Å²) >= 11 is 2.75. The van der Waals surface area contributed by atoms with E-state index in [1.54, 1.807) is 42.5 Å². The topological polar surface area (TPSA) is 83.8 Å². The molecule has 5 nitrogen and oxygen atoms in total. The van der Waals surface area contributed by atoms with Gasteiger partial charge in [-0.15, -0.1) is 11.3 Å². The number of ether oxygens (including phenoxy) is 1. The maximum atomic E-state index is 13.2. The van der Waals surface area contributed by atoms with Crippen molar-refractivity contribution in [1.29, 1.82) is 0 Å². The molecule has 0 aliphatic carbocycles. The summed E-state index contributed by atoms with van der Waals surface area (Å²) in [6.45, 7) is 1.90. The van der Waals surface area contributed by atoms with Crippen LogP contribution in [-0.2, 0) is 4.79 Å². The van der Waals surface area contributed by atoms with Crippen molar-refractivity contribution < 1.29 is 24.5 Å². The quantitative estimate of drug-likeness (QED) is 0.282. The Labute approximate surface area is 180 Å². The van der Waals surface area contributed by atoms with Crippen LogP contribution < -0.4 is 4.74 Å². The number of phenolic OH excluding ortho intramolecular Hbond substituents is 1. The normalized spacial score (nSPS) is 11.2. The van der Waals surface area contributed by atoms with E-state index in [9.17, 15) is 14.7 Å². The lowest BCUT2D eigenvalue weighted by Gasteiger charge is -2.08. The summed E-state index contributed by atoms with van der Waals surface area (Å²) in [5.74, 6) is -0.0537. The van der Waals surface area contributed by atoms with Crippen LogP contribution in [0.5, 0.6) is 17.2 Å². The molecule has 0 aliphatic heterocycles. The van der Waals surface area contributed by atoms with Crippen LogP contribution in [0.2, 0.25) is 0 Å². The second-order valence-electron chi connectivity index (χ2n) is 6.58. The van der Waals surface area contributed by atoms with Crippen LogP contribution in [0.3, 0.4) is 0 Å². The molecule has 4 rings (SSSR count). The van der Waals surface area contributed by atoms with Gasteiger partial charge in [0.05, 0.1) is 0 Å². The molecule has 2 aromatic carbocycles. The van der Waals surface area contributed by atoms with Gasteiger partial charge in [0.15, 0.2) is 5.75 Å². The van der Waals surface area contributed by atoms with Crippen molar-refractivity contribution in [2.75, 3.05) is 0 Å². The molecule has 0 amide bonds. The van der Waals surface area contributed by atoms with Gasteiger partial charge in [-0.05, 0) is 59.8 Å². The standard InChI is InChI=1S/C23H16O5S2/c1-13-11-29-12-18(13)21(27)23-22(17-8-5-15(24)10-19(17)30-23)28-16-6-2-14(3-7-16)4-9-20(25)26/h2-12,24H,1H3,(H,25,26)/b9-4+. The molecule has 2 N–H and O–H groups in total. The Kier molecular flexibility index (Phi) is 5.39. The van der Waals surface area contributed by atoms with E-state index in [0.29, 0.717) is 21.9 Å². The third kappa shape index (κ3) is 3.98. The number of benzene rings is 2. The van der Waals surface area contributed by atoms with Gasteiger partial charge >= 0.3 is 5.97 Å². The number of ketones is 1.